The Hall–Kier alpha value is -3.16. The molecule has 0 aliphatic carbocycles. The number of hydrogen-bond acceptors (Lipinski definition) is 5. The summed E-state index contributed by atoms with van der Waals surface area (Å²) < 4.78 is 3.63. The minimum atomic E-state index is -0.0872. The first-order chi connectivity index (χ1) is 13.5. The lowest BCUT2D eigenvalue weighted by molar-refractivity contribution is 0.0953. The van der Waals surface area contributed by atoms with Gasteiger partial charge in [-0.25, -0.2) is 4.68 Å². The summed E-state index contributed by atoms with van der Waals surface area (Å²) in [6, 6.07) is 7.44. The Bertz CT molecular complexity index is 942. The molecular formula is C20H27N7O. The molecule has 148 valence electrons. The SMILES string of the molecule is CCn1nc(-c2cccc(C(=O)NCCCc3cnn(C)c3)c2)nc1N(C)C. The van der Waals surface area contributed by atoms with E-state index in [1.807, 2.05) is 74.3 Å². The zero-order chi connectivity index (χ0) is 20.1. The zero-order valence-corrected chi connectivity index (χ0v) is 16.9. The van der Waals surface area contributed by atoms with Gasteiger partial charge in [-0.2, -0.15) is 10.1 Å². The summed E-state index contributed by atoms with van der Waals surface area (Å²) >= 11 is 0. The smallest absolute Gasteiger partial charge is 0.251 e. The molecule has 8 heteroatoms. The van der Waals surface area contributed by atoms with E-state index in [4.69, 9.17) is 0 Å². The topological polar surface area (TPSA) is 80.9 Å². The maximum Gasteiger partial charge on any atom is 0.251 e. The van der Waals surface area contributed by atoms with Gasteiger partial charge in [-0.15, -0.1) is 5.10 Å². The van der Waals surface area contributed by atoms with E-state index < -0.39 is 0 Å². The van der Waals surface area contributed by atoms with Crippen molar-refractivity contribution in [3.63, 3.8) is 0 Å². The summed E-state index contributed by atoms with van der Waals surface area (Å²) in [5, 5.41) is 11.7. The zero-order valence-electron chi connectivity index (χ0n) is 16.9. The number of rotatable bonds is 8. The third-order valence-corrected chi connectivity index (χ3v) is 4.42. The number of hydrogen-bond donors (Lipinski definition) is 1. The van der Waals surface area contributed by atoms with Crippen molar-refractivity contribution in [1.82, 2.24) is 29.9 Å². The molecule has 0 aliphatic rings. The summed E-state index contributed by atoms with van der Waals surface area (Å²) in [4.78, 5) is 19.0. The fourth-order valence-corrected chi connectivity index (χ4v) is 3.00. The van der Waals surface area contributed by atoms with Crippen LogP contribution in [-0.2, 0) is 20.0 Å². The van der Waals surface area contributed by atoms with Crippen LogP contribution < -0.4 is 10.2 Å². The van der Waals surface area contributed by atoms with Crippen molar-refractivity contribution in [3.8, 4) is 11.4 Å². The van der Waals surface area contributed by atoms with E-state index in [0.717, 1.165) is 30.9 Å². The minimum absolute atomic E-state index is 0.0872. The van der Waals surface area contributed by atoms with Crippen molar-refractivity contribution in [1.29, 1.82) is 0 Å². The van der Waals surface area contributed by atoms with Crippen LogP contribution in [-0.4, -0.2) is 51.1 Å². The number of benzene rings is 1. The van der Waals surface area contributed by atoms with E-state index in [9.17, 15) is 4.79 Å². The molecule has 0 radical (unpaired) electrons. The van der Waals surface area contributed by atoms with Crippen LogP contribution >= 0.6 is 0 Å². The molecule has 3 rings (SSSR count). The maximum atomic E-state index is 12.5. The molecule has 1 N–H and O–H groups in total. The second-order valence-corrected chi connectivity index (χ2v) is 6.91. The summed E-state index contributed by atoms with van der Waals surface area (Å²) in [5.74, 6) is 1.33. The molecule has 2 aromatic heterocycles. The van der Waals surface area contributed by atoms with Crippen molar-refractivity contribution in [2.45, 2.75) is 26.3 Å². The van der Waals surface area contributed by atoms with Gasteiger partial charge in [-0.1, -0.05) is 12.1 Å². The van der Waals surface area contributed by atoms with Crippen molar-refractivity contribution in [2.24, 2.45) is 7.05 Å². The number of carbonyl (C=O) groups is 1. The maximum absolute atomic E-state index is 12.5. The number of amides is 1. The van der Waals surface area contributed by atoms with Gasteiger partial charge < -0.3 is 10.2 Å². The summed E-state index contributed by atoms with van der Waals surface area (Å²) in [6.07, 6.45) is 5.61. The average molecular weight is 381 g/mol. The average Bonchev–Trinajstić information content (AvgIpc) is 3.31. The normalized spacial score (nSPS) is 10.9. The third kappa shape index (κ3) is 4.57. The molecule has 0 saturated carbocycles. The lowest BCUT2D eigenvalue weighted by atomic mass is 10.1. The van der Waals surface area contributed by atoms with Gasteiger partial charge in [0.25, 0.3) is 5.91 Å². The Balaban J connectivity index is 1.63. The van der Waals surface area contributed by atoms with Gasteiger partial charge in [-0.3, -0.25) is 9.48 Å². The highest BCUT2D eigenvalue weighted by Gasteiger charge is 2.14. The predicted octanol–water partition coefficient (Wildman–Crippen LogP) is 2.13. The van der Waals surface area contributed by atoms with Crippen LogP contribution in [0.4, 0.5) is 5.95 Å². The predicted molar refractivity (Wildman–Crippen MR) is 109 cm³/mol. The molecule has 28 heavy (non-hydrogen) atoms. The highest BCUT2D eigenvalue weighted by Crippen LogP contribution is 2.20. The first-order valence-corrected chi connectivity index (χ1v) is 9.46. The molecule has 0 bridgehead atoms. The van der Waals surface area contributed by atoms with Gasteiger partial charge in [0.2, 0.25) is 5.95 Å². The van der Waals surface area contributed by atoms with Gasteiger partial charge >= 0.3 is 0 Å². The molecule has 0 aliphatic heterocycles. The minimum Gasteiger partial charge on any atom is -0.352 e. The van der Waals surface area contributed by atoms with Crippen LogP contribution in [0.25, 0.3) is 11.4 Å². The number of anilines is 1. The number of carbonyl (C=O) groups excluding carboxylic acids is 1. The van der Waals surface area contributed by atoms with Crippen molar-refractivity contribution in [3.05, 3.63) is 47.8 Å². The van der Waals surface area contributed by atoms with Crippen molar-refractivity contribution >= 4 is 11.9 Å². The van der Waals surface area contributed by atoms with Crippen molar-refractivity contribution in [2.75, 3.05) is 25.5 Å². The summed E-state index contributed by atoms with van der Waals surface area (Å²) in [5.41, 5.74) is 2.62. The van der Waals surface area contributed by atoms with E-state index in [1.54, 1.807) is 4.68 Å². The Kier molecular flexibility index (Phi) is 6.08. The van der Waals surface area contributed by atoms with Crippen LogP contribution in [0.2, 0.25) is 0 Å². The van der Waals surface area contributed by atoms with E-state index in [0.29, 0.717) is 17.9 Å². The monoisotopic (exact) mass is 381 g/mol. The molecule has 0 spiro atoms. The Labute approximate surface area is 165 Å². The van der Waals surface area contributed by atoms with Crippen LogP contribution in [0.3, 0.4) is 0 Å². The Morgan fingerprint density at radius 3 is 2.75 bits per heavy atom. The lowest BCUT2D eigenvalue weighted by Gasteiger charge is -2.10. The van der Waals surface area contributed by atoms with Crippen LogP contribution in [0.1, 0.15) is 29.3 Å². The quantitative estimate of drug-likeness (QED) is 0.605. The molecule has 2 heterocycles. The summed E-state index contributed by atoms with van der Waals surface area (Å²) in [6.45, 7) is 3.38. The Morgan fingerprint density at radius 1 is 1.29 bits per heavy atom. The molecule has 0 atom stereocenters. The number of nitrogens with one attached hydrogen (secondary N) is 1. The second kappa shape index (κ2) is 8.69. The summed E-state index contributed by atoms with van der Waals surface area (Å²) in [7, 11) is 5.78. The molecule has 1 amide bonds. The van der Waals surface area contributed by atoms with E-state index in [1.165, 1.54) is 5.56 Å². The first-order valence-electron chi connectivity index (χ1n) is 9.46. The molecule has 1 aromatic carbocycles. The second-order valence-electron chi connectivity index (χ2n) is 6.91. The molecule has 8 nitrogen and oxygen atoms in total. The highest BCUT2D eigenvalue weighted by atomic mass is 16.1. The largest absolute Gasteiger partial charge is 0.352 e. The molecular weight excluding hydrogens is 354 g/mol. The fraction of sp³-hybridized carbons (Fsp3) is 0.400. The van der Waals surface area contributed by atoms with Crippen molar-refractivity contribution < 1.29 is 4.79 Å². The third-order valence-electron chi connectivity index (χ3n) is 4.42. The van der Waals surface area contributed by atoms with E-state index in [2.05, 4.69) is 20.5 Å². The van der Waals surface area contributed by atoms with Crippen LogP contribution in [0, 0.1) is 0 Å². The molecule has 0 unspecified atom stereocenters. The number of aryl methyl sites for hydroxylation is 3. The fourth-order valence-electron chi connectivity index (χ4n) is 3.00. The van der Waals surface area contributed by atoms with Gasteiger partial charge in [0.15, 0.2) is 5.82 Å². The highest BCUT2D eigenvalue weighted by molar-refractivity contribution is 5.95. The standard InChI is InChI=1S/C20H27N7O/c1-5-27-20(25(2)3)23-18(24-27)16-9-6-10-17(12-16)19(28)21-11-7-8-15-13-22-26(4)14-15/h6,9-10,12-14H,5,7-8,11H2,1-4H3,(H,21,28). The first kappa shape index (κ1) is 19.6. The lowest BCUT2D eigenvalue weighted by Crippen LogP contribution is -2.24. The molecule has 0 saturated heterocycles. The number of nitrogens with zero attached hydrogens (tertiary/aromatic N) is 6. The molecule has 0 fully saturated rings. The number of aromatic nitrogens is 5. The van der Waals surface area contributed by atoms with Gasteiger partial charge in [-0.05, 0) is 37.5 Å². The van der Waals surface area contributed by atoms with E-state index in [-0.39, 0.29) is 5.91 Å². The van der Waals surface area contributed by atoms with Gasteiger partial charge in [0.1, 0.15) is 0 Å². The van der Waals surface area contributed by atoms with Gasteiger partial charge in [0, 0.05) is 51.6 Å². The van der Waals surface area contributed by atoms with E-state index >= 15 is 0 Å². The van der Waals surface area contributed by atoms with Gasteiger partial charge in [0.05, 0.1) is 6.20 Å². The van der Waals surface area contributed by atoms with Crippen LogP contribution in [0.15, 0.2) is 36.7 Å². The molecule has 3 aromatic rings. The van der Waals surface area contributed by atoms with Crippen LogP contribution in [0.5, 0.6) is 0 Å². The Morgan fingerprint density at radius 2 is 2.11 bits per heavy atom.